The van der Waals surface area contributed by atoms with E-state index in [0.717, 1.165) is 5.56 Å². The van der Waals surface area contributed by atoms with E-state index in [1.165, 1.54) is 12.1 Å². The standard InChI is InChI=1S/C28H20N2O5S/c31-24-19-9-2-1-6-17(19)13-27(24)23(16-7-5-8-18(12-16)30(34)35)22-14-36-15-29(22)28(27)25(32)20-10-3-4-11-21(20)26(28)33/h1-12,22-23H,13-15H2. The lowest BCUT2D eigenvalue weighted by molar-refractivity contribution is -0.384. The van der Waals surface area contributed by atoms with Crippen molar-refractivity contribution in [2.24, 2.45) is 5.41 Å². The van der Waals surface area contributed by atoms with Crippen molar-refractivity contribution in [3.05, 3.63) is 111 Å². The van der Waals surface area contributed by atoms with Gasteiger partial charge in [0, 0.05) is 52.4 Å². The monoisotopic (exact) mass is 496 g/mol. The van der Waals surface area contributed by atoms with Crippen LogP contribution in [-0.2, 0) is 6.42 Å². The van der Waals surface area contributed by atoms with Gasteiger partial charge in [0.15, 0.2) is 22.9 Å². The zero-order chi connectivity index (χ0) is 24.8. The molecule has 2 aliphatic heterocycles. The zero-order valence-electron chi connectivity index (χ0n) is 19.0. The van der Waals surface area contributed by atoms with Crippen LogP contribution in [0.25, 0.3) is 0 Å². The van der Waals surface area contributed by atoms with Crippen LogP contribution >= 0.6 is 11.8 Å². The number of hydrogen-bond acceptors (Lipinski definition) is 7. The molecule has 3 aromatic carbocycles. The molecule has 0 bridgehead atoms. The van der Waals surface area contributed by atoms with E-state index in [4.69, 9.17) is 0 Å². The average molecular weight is 497 g/mol. The van der Waals surface area contributed by atoms with Gasteiger partial charge in [0.2, 0.25) is 0 Å². The molecule has 2 saturated heterocycles. The second-order valence-electron chi connectivity index (χ2n) is 9.92. The lowest BCUT2D eigenvalue weighted by Crippen LogP contribution is -2.64. The smallest absolute Gasteiger partial charge is 0.269 e. The Morgan fingerprint density at radius 1 is 0.861 bits per heavy atom. The first-order valence-corrected chi connectivity index (χ1v) is 13.0. The van der Waals surface area contributed by atoms with Crippen molar-refractivity contribution in [2.75, 3.05) is 11.6 Å². The molecule has 2 aliphatic carbocycles. The van der Waals surface area contributed by atoms with Crippen LogP contribution in [0.4, 0.5) is 5.69 Å². The van der Waals surface area contributed by atoms with Crippen LogP contribution < -0.4 is 0 Å². The highest BCUT2D eigenvalue weighted by Gasteiger charge is 2.81. The topological polar surface area (TPSA) is 97.6 Å². The van der Waals surface area contributed by atoms with Crippen molar-refractivity contribution >= 4 is 34.8 Å². The van der Waals surface area contributed by atoms with Crippen molar-refractivity contribution in [1.82, 2.24) is 4.90 Å². The summed E-state index contributed by atoms with van der Waals surface area (Å²) in [5.74, 6) is -0.378. The summed E-state index contributed by atoms with van der Waals surface area (Å²) in [7, 11) is 0. The summed E-state index contributed by atoms with van der Waals surface area (Å²) in [5, 5.41) is 11.7. The van der Waals surface area contributed by atoms with Gasteiger partial charge in [-0.3, -0.25) is 29.4 Å². The van der Waals surface area contributed by atoms with Crippen molar-refractivity contribution in [1.29, 1.82) is 0 Å². The third-order valence-electron chi connectivity index (χ3n) is 8.56. The molecule has 2 fully saturated rings. The maximum Gasteiger partial charge on any atom is 0.269 e. The third-order valence-corrected chi connectivity index (χ3v) is 9.60. The molecule has 3 atom stereocenters. The first kappa shape index (κ1) is 21.6. The number of nitro benzene ring substituents is 1. The number of non-ortho nitro benzene ring substituents is 1. The number of hydrogen-bond donors (Lipinski definition) is 0. The fraction of sp³-hybridized carbons (Fsp3) is 0.250. The molecule has 4 aliphatic rings. The van der Waals surface area contributed by atoms with Gasteiger partial charge in [-0.25, -0.2) is 0 Å². The molecule has 7 nitrogen and oxygen atoms in total. The lowest BCUT2D eigenvalue weighted by Gasteiger charge is -2.43. The van der Waals surface area contributed by atoms with Crippen LogP contribution in [0.1, 0.15) is 48.1 Å². The second-order valence-corrected chi connectivity index (χ2v) is 10.9. The van der Waals surface area contributed by atoms with E-state index in [1.807, 2.05) is 17.0 Å². The fourth-order valence-corrected chi connectivity index (χ4v) is 8.63. The van der Waals surface area contributed by atoms with E-state index in [0.29, 0.717) is 33.9 Å². The number of nitrogens with zero attached hydrogens (tertiary/aromatic N) is 2. The Hall–Kier alpha value is -3.62. The minimum absolute atomic E-state index is 0.0730. The van der Waals surface area contributed by atoms with Crippen LogP contribution in [0.2, 0.25) is 0 Å². The maximum absolute atomic E-state index is 14.6. The first-order valence-electron chi connectivity index (χ1n) is 11.8. The first-order chi connectivity index (χ1) is 17.4. The fourth-order valence-electron chi connectivity index (χ4n) is 7.33. The summed E-state index contributed by atoms with van der Waals surface area (Å²) in [6.07, 6.45) is 0.235. The number of rotatable bonds is 2. The van der Waals surface area contributed by atoms with Gasteiger partial charge in [-0.05, 0) is 17.5 Å². The Labute approximate surface area is 210 Å². The van der Waals surface area contributed by atoms with Gasteiger partial charge in [-0.1, -0.05) is 60.7 Å². The quantitative estimate of drug-likeness (QED) is 0.296. The predicted octanol–water partition coefficient (Wildman–Crippen LogP) is 4.31. The van der Waals surface area contributed by atoms with E-state index in [9.17, 15) is 24.5 Å². The number of carbonyl (C=O) groups is 3. The summed E-state index contributed by atoms with van der Waals surface area (Å²) >= 11 is 1.62. The number of ketones is 3. The van der Waals surface area contributed by atoms with Gasteiger partial charge in [0.1, 0.15) is 0 Å². The van der Waals surface area contributed by atoms with Crippen molar-refractivity contribution in [2.45, 2.75) is 23.9 Å². The Morgan fingerprint density at radius 2 is 1.53 bits per heavy atom. The highest BCUT2D eigenvalue weighted by molar-refractivity contribution is 7.99. The van der Waals surface area contributed by atoms with Crippen molar-refractivity contribution in [3.63, 3.8) is 0 Å². The zero-order valence-corrected chi connectivity index (χ0v) is 19.9. The highest BCUT2D eigenvalue weighted by Crippen LogP contribution is 2.67. The van der Waals surface area contributed by atoms with Gasteiger partial charge in [-0.15, -0.1) is 11.8 Å². The summed E-state index contributed by atoms with van der Waals surface area (Å²) in [6.45, 7) is 0. The van der Waals surface area contributed by atoms with Gasteiger partial charge < -0.3 is 0 Å². The Balaban J connectivity index is 1.56. The van der Waals surface area contributed by atoms with E-state index >= 15 is 0 Å². The van der Waals surface area contributed by atoms with Crippen molar-refractivity contribution < 1.29 is 19.3 Å². The van der Waals surface area contributed by atoms with Crippen LogP contribution in [0.5, 0.6) is 0 Å². The summed E-state index contributed by atoms with van der Waals surface area (Å²) in [4.78, 5) is 56.7. The van der Waals surface area contributed by atoms with E-state index in [2.05, 4.69) is 0 Å². The van der Waals surface area contributed by atoms with Gasteiger partial charge in [0.25, 0.3) is 5.69 Å². The number of benzene rings is 3. The highest BCUT2D eigenvalue weighted by atomic mass is 32.2. The minimum Gasteiger partial charge on any atom is -0.293 e. The number of nitro groups is 1. The molecule has 36 heavy (non-hydrogen) atoms. The number of Topliss-reactive ketones (excluding diaryl/α,β-unsaturated/α-hetero) is 3. The van der Waals surface area contributed by atoms with Crippen molar-refractivity contribution in [3.8, 4) is 0 Å². The third kappa shape index (κ3) is 2.32. The largest absolute Gasteiger partial charge is 0.293 e. The Bertz CT molecular complexity index is 1500. The Kier molecular flexibility index (Phi) is 4.34. The van der Waals surface area contributed by atoms with E-state index in [-0.39, 0.29) is 35.5 Å². The summed E-state index contributed by atoms with van der Waals surface area (Å²) in [5.41, 5.74) is -0.504. The van der Waals surface area contributed by atoms with Gasteiger partial charge in [0.05, 0.1) is 10.3 Å². The molecule has 7 rings (SSSR count). The molecular formula is C28H20N2O5S. The van der Waals surface area contributed by atoms with Crippen LogP contribution in [-0.4, -0.2) is 50.4 Å². The maximum atomic E-state index is 14.6. The lowest BCUT2D eigenvalue weighted by atomic mass is 9.58. The molecule has 0 saturated carbocycles. The summed E-state index contributed by atoms with van der Waals surface area (Å²) < 4.78 is 0. The molecule has 2 spiro atoms. The number of carbonyl (C=O) groups excluding carboxylic acids is 3. The van der Waals surface area contributed by atoms with Crippen LogP contribution in [0.15, 0.2) is 72.8 Å². The number of thioether (sulfide) groups is 1. The molecule has 2 heterocycles. The predicted molar refractivity (Wildman–Crippen MR) is 134 cm³/mol. The Morgan fingerprint density at radius 3 is 2.19 bits per heavy atom. The SMILES string of the molecule is O=C1c2ccccc2CC12C(c1cccc([N+](=O)[O-])c1)C1CSCN1C21C(=O)c2ccccc2C1=O. The summed E-state index contributed by atoms with van der Waals surface area (Å²) in [6, 6.07) is 20.2. The van der Waals surface area contributed by atoms with Crippen LogP contribution in [0.3, 0.4) is 0 Å². The second kappa shape index (κ2) is 7.21. The van der Waals surface area contributed by atoms with Gasteiger partial charge in [-0.2, -0.15) is 0 Å². The number of fused-ring (bicyclic) bond motifs is 5. The van der Waals surface area contributed by atoms with Gasteiger partial charge >= 0.3 is 0 Å². The van der Waals surface area contributed by atoms with Crippen LogP contribution in [0, 0.1) is 15.5 Å². The molecule has 178 valence electrons. The molecule has 3 aromatic rings. The van der Waals surface area contributed by atoms with E-state index in [1.54, 1.807) is 60.3 Å². The molecule has 8 heteroatoms. The normalized spacial score (nSPS) is 27.6. The van der Waals surface area contributed by atoms with E-state index < -0.39 is 21.8 Å². The minimum atomic E-state index is -1.68. The molecule has 0 aromatic heterocycles. The molecule has 0 radical (unpaired) electrons. The molecule has 0 N–H and O–H groups in total. The molecule has 3 unspecified atom stereocenters. The molecule has 0 amide bonds. The average Bonchev–Trinajstić information content (AvgIpc) is 3.59. The molecular weight excluding hydrogens is 476 g/mol.